The average Bonchev–Trinajstić information content (AvgIpc) is 3.01. The third-order valence-corrected chi connectivity index (χ3v) is 4.28. The van der Waals surface area contributed by atoms with Gasteiger partial charge in [-0.3, -0.25) is 9.59 Å². The molecule has 2 rings (SSSR count). The summed E-state index contributed by atoms with van der Waals surface area (Å²) < 4.78 is 5.27. The summed E-state index contributed by atoms with van der Waals surface area (Å²) in [7, 11) is 0. The van der Waals surface area contributed by atoms with Gasteiger partial charge in [0.2, 0.25) is 0 Å². The summed E-state index contributed by atoms with van der Waals surface area (Å²) in [6.45, 7) is 5.54. The predicted octanol–water partition coefficient (Wildman–Crippen LogP) is 1.47. The Bertz CT molecular complexity index is 694. The van der Waals surface area contributed by atoms with Crippen molar-refractivity contribution in [1.29, 1.82) is 0 Å². The van der Waals surface area contributed by atoms with E-state index in [9.17, 15) is 14.7 Å². The number of hydrogen-bond acceptors (Lipinski definition) is 6. The van der Waals surface area contributed by atoms with Crippen molar-refractivity contribution < 1.29 is 24.6 Å². The molecule has 1 aromatic rings. The molecule has 142 valence electrons. The molecular formula is C18H25N3O5. The number of amidine groups is 1. The second kappa shape index (κ2) is 7.74. The Balaban J connectivity index is 2.10. The molecule has 0 aliphatic carbocycles. The third kappa shape index (κ3) is 4.72. The average molecular weight is 363 g/mol. The molecule has 8 nitrogen and oxygen atoms in total. The van der Waals surface area contributed by atoms with Gasteiger partial charge in [-0.25, -0.2) is 0 Å². The number of rotatable bonds is 5. The van der Waals surface area contributed by atoms with E-state index in [-0.39, 0.29) is 17.8 Å². The Morgan fingerprint density at radius 2 is 1.92 bits per heavy atom. The topological polar surface area (TPSA) is 134 Å². The van der Waals surface area contributed by atoms with E-state index in [1.807, 2.05) is 12.1 Å². The number of nitrogens with zero attached hydrogens (tertiary/aromatic N) is 1. The number of nitrogens with one attached hydrogen (secondary N) is 1. The lowest BCUT2D eigenvalue weighted by Crippen LogP contribution is -2.37. The summed E-state index contributed by atoms with van der Waals surface area (Å²) in [5, 5.41) is 24.4. The molecule has 0 aromatic heterocycles. The highest BCUT2D eigenvalue weighted by Gasteiger charge is 2.42. The monoisotopic (exact) mass is 363 g/mol. The number of carboxylic acids is 1. The SMILES string of the molecule is CC(C)(C)OC(=O)C(C(=O)O)C1CNC(c2ccc(C(N)=NO)cc2)C1. The van der Waals surface area contributed by atoms with E-state index in [0.29, 0.717) is 18.5 Å². The number of carbonyl (C=O) groups excluding carboxylic acids is 1. The fourth-order valence-corrected chi connectivity index (χ4v) is 3.08. The molecule has 26 heavy (non-hydrogen) atoms. The Labute approximate surface area is 152 Å². The first-order valence-electron chi connectivity index (χ1n) is 8.39. The molecular weight excluding hydrogens is 338 g/mol. The molecule has 0 amide bonds. The van der Waals surface area contributed by atoms with Crippen molar-refractivity contribution in [3.05, 3.63) is 35.4 Å². The van der Waals surface area contributed by atoms with Gasteiger partial charge >= 0.3 is 11.9 Å². The Hall–Kier alpha value is -2.61. The van der Waals surface area contributed by atoms with Crippen molar-refractivity contribution in [3.8, 4) is 0 Å². The van der Waals surface area contributed by atoms with Gasteiger partial charge in [0, 0.05) is 18.2 Å². The first-order chi connectivity index (χ1) is 12.1. The van der Waals surface area contributed by atoms with Gasteiger partial charge in [0.05, 0.1) is 0 Å². The maximum absolute atomic E-state index is 12.3. The fourth-order valence-electron chi connectivity index (χ4n) is 3.08. The second-order valence-corrected chi connectivity index (χ2v) is 7.41. The highest BCUT2D eigenvalue weighted by atomic mass is 16.6. The van der Waals surface area contributed by atoms with E-state index >= 15 is 0 Å². The molecule has 0 radical (unpaired) electrons. The summed E-state index contributed by atoms with van der Waals surface area (Å²) >= 11 is 0. The Morgan fingerprint density at radius 1 is 1.31 bits per heavy atom. The van der Waals surface area contributed by atoms with Gasteiger partial charge in [0.15, 0.2) is 11.8 Å². The van der Waals surface area contributed by atoms with Crippen LogP contribution in [0.25, 0.3) is 0 Å². The van der Waals surface area contributed by atoms with E-state index in [0.717, 1.165) is 5.56 Å². The molecule has 0 bridgehead atoms. The molecule has 1 fully saturated rings. The van der Waals surface area contributed by atoms with Crippen LogP contribution >= 0.6 is 0 Å². The number of aliphatic carboxylic acids is 1. The number of esters is 1. The molecule has 3 atom stereocenters. The zero-order valence-electron chi connectivity index (χ0n) is 15.1. The summed E-state index contributed by atoms with van der Waals surface area (Å²) in [6.07, 6.45) is 0.499. The lowest BCUT2D eigenvalue weighted by atomic mass is 9.88. The van der Waals surface area contributed by atoms with Crippen LogP contribution in [0.4, 0.5) is 0 Å². The van der Waals surface area contributed by atoms with Gasteiger partial charge in [-0.05, 0) is 38.7 Å². The minimum Gasteiger partial charge on any atom is -0.481 e. The number of hydrogen-bond donors (Lipinski definition) is 4. The molecule has 1 aliphatic heterocycles. The number of benzene rings is 1. The summed E-state index contributed by atoms with van der Waals surface area (Å²) in [6, 6.07) is 7.03. The minimum absolute atomic E-state index is 0.0182. The summed E-state index contributed by atoms with van der Waals surface area (Å²) in [4.78, 5) is 23.9. The van der Waals surface area contributed by atoms with Crippen LogP contribution in [0.5, 0.6) is 0 Å². The molecule has 0 spiro atoms. The van der Waals surface area contributed by atoms with E-state index in [1.165, 1.54) is 0 Å². The number of carboxylic acid groups (broad SMARTS) is 1. The fraction of sp³-hybridized carbons (Fsp3) is 0.500. The van der Waals surface area contributed by atoms with Crippen LogP contribution < -0.4 is 11.1 Å². The molecule has 1 aliphatic rings. The maximum atomic E-state index is 12.3. The van der Waals surface area contributed by atoms with E-state index in [2.05, 4.69) is 10.5 Å². The zero-order valence-corrected chi connectivity index (χ0v) is 15.1. The first-order valence-corrected chi connectivity index (χ1v) is 8.39. The Morgan fingerprint density at radius 3 is 2.42 bits per heavy atom. The molecule has 1 saturated heterocycles. The number of nitrogens with two attached hydrogens (primary N) is 1. The summed E-state index contributed by atoms with van der Waals surface area (Å²) in [5.41, 5.74) is 6.33. The van der Waals surface area contributed by atoms with Crippen LogP contribution in [0.2, 0.25) is 0 Å². The highest BCUT2D eigenvalue weighted by molar-refractivity contribution is 5.97. The van der Waals surface area contributed by atoms with E-state index in [4.69, 9.17) is 15.7 Å². The number of oxime groups is 1. The second-order valence-electron chi connectivity index (χ2n) is 7.41. The van der Waals surface area contributed by atoms with Crippen molar-refractivity contribution in [1.82, 2.24) is 5.32 Å². The predicted molar refractivity (Wildman–Crippen MR) is 94.8 cm³/mol. The molecule has 3 unspecified atom stereocenters. The lowest BCUT2D eigenvalue weighted by Gasteiger charge is -2.24. The molecule has 8 heteroatoms. The standard InChI is InChI=1S/C18H25N3O5/c1-18(2,3)26-17(24)14(16(22)23)12-8-13(20-9-12)10-4-6-11(7-5-10)15(19)21-25/h4-7,12-14,20,25H,8-9H2,1-3H3,(H2,19,21)(H,22,23). The van der Waals surface area contributed by atoms with Crippen LogP contribution in [0.15, 0.2) is 29.4 Å². The molecule has 5 N–H and O–H groups in total. The largest absolute Gasteiger partial charge is 0.481 e. The van der Waals surface area contributed by atoms with E-state index in [1.54, 1.807) is 32.9 Å². The third-order valence-electron chi connectivity index (χ3n) is 4.28. The van der Waals surface area contributed by atoms with E-state index < -0.39 is 23.5 Å². The van der Waals surface area contributed by atoms with Crippen molar-refractivity contribution in [2.24, 2.45) is 22.7 Å². The lowest BCUT2D eigenvalue weighted by molar-refractivity contribution is -0.169. The van der Waals surface area contributed by atoms with Crippen molar-refractivity contribution in [2.75, 3.05) is 6.54 Å². The van der Waals surface area contributed by atoms with Crippen LogP contribution in [0, 0.1) is 11.8 Å². The normalized spacial score (nSPS) is 22.0. The zero-order chi connectivity index (χ0) is 19.5. The number of carbonyl (C=O) groups is 2. The van der Waals surface area contributed by atoms with Gasteiger partial charge in [-0.2, -0.15) is 0 Å². The van der Waals surface area contributed by atoms with Crippen LogP contribution in [0.1, 0.15) is 44.4 Å². The van der Waals surface area contributed by atoms with Gasteiger partial charge in [0.25, 0.3) is 0 Å². The smallest absolute Gasteiger partial charge is 0.321 e. The first kappa shape index (κ1) is 19.7. The van der Waals surface area contributed by atoms with Crippen molar-refractivity contribution >= 4 is 17.8 Å². The van der Waals surface area contributed by atoms with Crippen molar-refractivity contribution in [2.45, 2.75) is 38.8 Å². The highest BCUT2D eigenvalue weighted by Crippen LogP contribution is 2.33. The van der Waals surface area contributed by atoms with Crippen molar-refractivity contribution in [3.63, 3.8) is 0 Å². The molecule has 1 heterocycles. The molecule has 1 aromatic carbocycles. The Kier molecular flexibility index (Phi) is 5.86. The van der Waals surface area contributed by atoms with Crippen LogP contribution in [-0.2, 0) is 14.3 Å². The number of ether oxygens (including phenoxy) is 1. The van der Waals surface area contributed by atoms with Gasteiger partial charge < -0.3 is 26.1 Å². The van der Waals surface area contributed by atoms with Crippen LogP contribution in [-0.4, -0.2) is 40.2 Å². The quantitative estimate of drug-likeness (QED) is 0.155. The summed E-state index contributed by atoms with van der Waals surface area (Å²) in [5.74, 6) is -3.43. The maximum Gasteiger partial charge on any atom is 0.321 e. The van der Waals surface area contributed by atoms with Gasteiger partial charge in [0.1, 0.15) is 5.60 Å². The van der Waals surface area contributed by atoms with Gasteiger partial charge in [-0.15, -0.1) is 0 Å². The minimum atomic E-state index is -1.21. The van der Waals surface area contributed by atoms with Crippen LogP contribution in [0.3, 0.4) is 0 Å². The molecule has 0 saturated carbocycles. The van der Waals surface area contributed by atoms with Gasteiger partial charge in [-0.1, -0.05) is 29.4 Å².